The minimum absolute atomic E-state index is 0.0106. The smallest absolute Gasteiger partial charge is 0.309 e. The highest BCUT2D eigenvalue weighted by Crippen LogP contribution is 2.19. The molecule has 0 saturated carbocycles. The lowest BCUT2D eigenvalue weighted by atomic mass is 9.97. The molecule has 0 spiro atoms. The van der Waals surface area contributed by atoms with Crippen molar-refractivity contribution in [1.82, 2.24) is 10.2 Å². The van der Waals surface area contributed by atoms with Crippen LogP contribution in [-0.4, -0.2) is 49.0 Å². The average Bonchev–Trinajstić information content (AvgIpc) is 2.72. The summed E-state index contributed by atoms with van der Waals surface area (Å²) in [7, 11) is 0. The maximum absolute atomic E-state index is 11.9. The molecule has 2 N–H and O–H groups in total. The maximum Gasteiger partial charge on any atom is 0.309 e. The second-order valence-electron chi connectivity index (χ2n) is 7.52. The lowest BCUT2D eigenvalue weighted by molar-refractivity contribution is -0.149. The summed E-state index contributed by atoms with van der Waals surface area (Å²) in [5, 5.41) is 6.24. The Morgan fingerprint density at radius 3 is 2.38 bits per heavy atom. The van der Waals surface area contributed by atoms with Gasteiger partial charge in [0.05, 0.1) is 19.1 Å². The first kappa shape index (κ1) is 22.7. The third-order valence-corrected chi connectivity index (χ3v) is 4.91. The van der Waals surface area contributed by atoms with Crippen LogP contribution in [0.5, 0.6) is 0 Å². The predicted octanol–water partition coefficient (Wildman–Crippen LogP) is 3.02. The van der Waals surface area contributed by atoms with E-state index in [9.17, 15) is 9.59 Å². The van der Waals surface area contributed by atoms with Gasteiger partial charge < -0.3 is 20.3 Å². The van der Waals surface area contributed by atoms with E-state index < -0.39 is 0 Å². The molecule has 0 atom stereocenters. The highest BCUT2D eigenvalue weighted by atomic mass is 16.5. The van der Waals surface area contributed by atoms with Crippen molar-refractivity contribution in [3.8, 4) is 0 Å². The Morgan fingerprint density at radius 1 is 1.17 bits per heavy atom. The predicted molar refractivity (Wildman–Crippen MR) is 116 cm³/mol. The highest BCUT2D eigenvalue weighted by Gasteiger charge is 2.27. The molecule has 2 rings (SSSR count). The minimum Gasteiger partial charge on any atom is -0.466 e. The number of carbonyl (C=O) groups excluding carboxylic acids is 2. The number of carbonyl (C=O) groups is 2. The second kappa shape index (κ2) is 11.4. The Kier molecular flexibility index (Phi) is 8.96. The monoisotopic (exact) mass is 402 g/mol. The van der Waals surface area contributed by atoms with Gasteiger partial charge in [-0.15, -0.1) is 0 Å². The quantitative estimate of drug-likeness (QED) is 0.416. The number of esters is 1. The molecular weight excluding hydrogens is 368 g/mol. The summed E-state index contributed by atoms with van der Waals surface area (Å²) in [4.78, 5) is 30.7. The molecule has 1 aliphatic rings. The Labute approximate surface area is 173 Å². The number of ether oxygens (including phenoxy) is 1. The van der Waals surface area contributed by atoms with Gasteiger partial charge >= 0.3 is 5.97 Å². The molecule has 0 unspecified atom stereocenters. The van der Waals surface area contributed by atoms with Gasteiger partial charge in [-0.2, -0.15) is 0 Å². The summed E-state index contributed by atoms with van der Waals surface area (Å²) in [5.74, 6) is 0.736. The number of guanidine groups is 1. The van der Waals surface area contributed by atoms with Crippen molar-refractivity contribution in [3.05, 3.63) is 29.8 Å². The van der Waals surface area contributed by atoms with E-state index in [1.165, 1.54) is 0 Å². The topological polar surface area (TPSA) is 83.0 Å². The van der Waals surface area contributed by atoms with Crippen LogP contribution >= 0.6 is 0 Å². The van der Waals surface area contributed by atoms with Gasteiger partial charge in [0.15, 0.2) is 5.96 Å². The fraction of sp³-hybridized carbons (Fsp3) is 0.591. The van der Waals surface area contributed by atoms with Crippen molar-refractivity contribution in [2.75, 3.05) is 31.6 Å². The largest absolute Gasteiger partial charge is 0.466 e. The number of aliphatic imine (C=N–C) groups is 1. The first-order valence-corrected chi connectivity index (χ1v) is 10.5. The SMILES string of the molecule is CCNC(=NCc1ccc(NC(=O)C(C)C)cc1)N1CCC(C(=O)OCC)CC1. The average molecular weight is 403 g/mol. The van der Waals surface area contributed by atoms with Gasteiger partial charge in [-0.1, -0.05) is 26.0 Å². The molecule has 7 nitrogen and oxygen atoms in total. The summed E-state index contributed by atoms with van der Waals surface area (Å²) >= 11 is 0. The number of hydrogen-bond acceptors (Lipinski definition) is 4. The Balaban J connectivity index is 1.94. The van der Waals surface area contributed by atoms with E-state index in [0.29, 0.717) is 13.2 Å². The number of hydrogen-bond donors (Lipinski definition) is 2. The van der Waals surface area contributed by atoms with Gasteiger partial charge in [0.2, 0.25) is 5.91 Å². The Bertz CT molecular complexity index is 693. The maximum atomic E-state index is 11.9. The number of rotatable bonds is 7. The van der Waals surface area contributed by atoms with Crippen LogP contribution < -0.4 is 10.6 Å². The number of amides is 1. The van der Waals surface area contributed by atoms with Crippen molar-refractivity contribution in [2.45, 2.75) is 47.1 Å². The molecule has 1 aromatic carbocycles. The number of anilines is 1. The van der Waals surface area contributed by atoms with E-state index in [-0.39, 0.29) is 23.7 Å². The zero-order valence-electron chi connectivity index (χ0n) is 18.0. The van der Waals surface area contributed by atoms with Crippen molar-refractivity contribution < 1.29 is 14.3 Å². The standard InChI is InChI=1S/C22H34N4O3/c1-5-23-22(26-13-11-18(12-14-26)21(28)29-6-2)24-15-17-7-9-19(10-8-17)25-20(27)16(3)4/h7-10,16,18H,5-6,11-15H2,1-4H3,(H,23,24)(H,25,27). The van der Waals surface area contributed by atoms with Gasteiger partial charge in [0, 0.05) is 31.2 Å². The second-order valence-corrected chi connectivity index (χ2v) is 7.52. The van der Waals surface area contributed by atoms with E-state index in [0.717, 1.165) is 49.7 Å². The molecule has 1 amide bonds. The third kappa shape index (κ3) is 7.07. The first-order chi connectivity index (χ1) is 13.9. The Morgan fingerprint density at radius 2 is 1.83 bits per heavy atom. The fourth-order valence-corrected chi connectivity index (χ4v) is 3.16. The van der Waals surface area contributed by atoms with E-state index >= 15 is 0 Å². The minimum atomic E-state index is -0.0845. The van der Waals surface area contributed by atoms with Crippen LogP contribution in [-0.2, 0) is 20.9 Å². The van der Waals surface area contributed by atoms with Crippen LogP contribution in [0, 0.1) is 11.8 Å². The molecule has 1 fully saturated rings. The number of piperidine rings is 1. The van der Waals surface area contributed by atoms with Gasteiger partial charge in [0.25, 0.3) is 0 Å². The molecule has 1 aliphatic heterocycles. The molecule has 160 valence electrons. The molecular formula is C22H34N4O3. The van der Waals surface area contributed by atoms with Crippen LogP contribution in [0.3, 0.4) is 0 Å². The molecule has 1 saturated heterocycles. The first-order valence-electron chi connectivity index (χ1n) is 10.5. The molecule has 1 aromatic rings. The van der Waals surface area contributed by atoms with Crippen molar-refractivity contribution >= 4 is 23.5 Å². The molecule has 0 radical (unpaired) electrons. The zero-order valence-corrected chi connectivity index (χ0v) is 18.0. The van der Waals surface area contributed by atoms with Crippen molar-refractivity contribution in [1.29, 1.82) is 0 Å². The third-order valence-electron chi connectivity index (χ3n) is 4.91. The van der Waals surface area contributed by atoms with E-state index in [1.54, 1.807) is 0 Å². The number of nitrogens with zero attached hydrogens (tertiary/aromatic N) is 2. The van der Waals surface area contributed by atoms with Crippen molar-refractivity contribution in [3.63, 3.8) is 0 Å². The summed E-state index contributed by atoms with van der Waals surface area (Å²) in [6.07, 6.45) is 1.57. The van der Waals surface area contributed by atoms with Crippen LogP contribution in [0.4, 0.5) is 5.69 Å². The molecule has 7 heteroatoms. The molecule has 29 heavy (non-hydrogen) atoms. The zero-order chi connectivity index (χ0) is 21.2. The number of likely N-dealkylation sites (tertiary alicyclic amines) is 1. The van der Waals surface area contributed by atoms with E-state index in [1.807, 2.05) is 52.0 Å². The summed E-state index contributed by atoms with van der Waals surface area (Å²) in [6.45, 7) is 11.0. The lowest BCUT2D eigenvalue weighted by Gasteiger charge is -2.33. The van der Waals surface area contributed by atoms with Gasteiger partial charge in [-0.3, -0.25) is 9.59 Å². The van der Waals surface area contributed by atoms with Crippen LogP contribution in [0.1, 0.15) is 46.1 Å². The summed E-state index contributed by atoms with van der Waals surface area (Å²) in [5.41, 5.74) is 1.87. The lowest BCUT2D eigenvalue weighted by Crippen LogP contribution is -2.46. The number of benzene rings is 1. The van der Waals surface area contributed by atoms with E-state index in [4.69, 9.17) is 9.73 Å². The van der Waals surface area contributed by atoms with Crippen molar-refractivity contribution in [2.24, 2.45) is 16.8 Å². The van der Waals surface area contributed by atoms with E-state index in [2.05, 4.69) is 15.5 Å². The molecule has 0 bridgehead atoms. The number of nitrogens with one attached hydrogen (secondary N) is 2. The van der Waals surface area contributed by atoms with Crippen LogP contribution in [0.25, 0.3) is 0 Å². The van der Waals surface area contributed by atoms with Gasteiger partial charge in [-0.05, 0) is 44.4 Å². The Hall–Kier alpha value is -2.57. The molecule has 0 aliphatic carbocycles. The van der Waals surface area contributed by atoms with Crippen LogP contribution in [0.2, 0.25) is 0 Å². The molecule has 0 aromatic heterocycles. The normalized spacial score (nSPS) is 15.3. The molecule has 1 heterocycles. The summed E-state index contributed by atoms with van der Waals surface area (Å²) in [6, 6.07) is 7.78. The van der Waals surface area contributed by atoms with Gasteiger partial charge in [0.1, 0.15) is 0 Å². The van der Waals surface area contributed by atoms with Gasteiger partial charge in [-0.25, -0.2) is 4.99 Å². The summed E-state index contributed by atoms with van der Waals surface area (Å²) < 4.78 is 5.15. The van der Waals surface area contributed by atoms with Crippen LogP contribution in [0.15, 0.2) is 29.3 Å². The fourth-order valence-electron chi connectivity index (χ4n) is 3.16. The highest BCUT2D eigenvalue weighted by molar-refractivity contribution is 5.92.